The topological polar surface area (TPSA) is 47.1 Å². The minimum absolute atomic E-state index is 0. The zero-order chi connectivity index (χ0) is 17.5. The molecule has 25 heavy (non-hydrogen) atoms. The summed E-state index contributed by atoms with van der Waals surface area (Å²) in [6, 6.07) is 6.74. The maximum atomic E-state index is 13.2. The molecule has 1 aliphatic heterocycles. The zero-order valence-electron chi connectivity index (χ0n) is 15.4. The van der Waals surface area contributed by atoms with E-state index in [1.165, 1.54) is 17.7 Å². The number of piperidine rings is 1. The van der Waals surface area contributed by atoms with Crippen molar-refractivity contribution in [2.24, 2.45) is 11.1 Å². The van der Waals surface area contributed by atoms with Gasteiger partial charge in [-0.2, -0.15) is 5.10 Å². The van der Waals surface area contributed by atoms with Crippen LogP contribution in [0.4, 0.5) is 4.39 Å². The summed E-state index contributed by atoms with van der Waals surface area (Å²) < 4.78 is 15.1. The molecule has 0 radical (unpaired) electrons. The molecule has 1 aliphatic rings. The molecule has 3 rings (SSSR count). The Hall–Kier alpha value is -1.43. The third-order valence-electron chi connectivity index (χ3n) is 5.29. The first kappa shape index (κ1) is 19.9. The van der Waals surface area contributed by atoms with Crippen molar-refractivity contribution < 1.29 is 4.39 Å². The third kappa shape index (κ3) is 4.05. The minimum atomic E-state index is -0.229. The first-order valence-electron chi connectivity index (χ1n) is 8.57. The van der Waals surface area contributed by atoms with Gasteiger partial charge >= 0.3 is 0 Å². The fourth-order valence-corrected chi connectivity index (χ4v) is 3.58. The summed E-state index contributed by atoms with van der Waals surface area (Å²) in [5, 5.41) is 4.67. The fourth-order valence-electron chi connectivity index (χ4n) is 3.58. The number of aromatic nitrogens is 2. The molecular formula is C19H28ClFN4. The van der Waals surface area contributed by atoms with Gasteiger partial charge in [0.05, 0.1) is 11.4 Å². The number of rotatable bonds is 3. The molecule has 2 heterocycles. The predicted octanol–water partition coefficient (Wildman–Crippen LogP) is 3.61. The number of nitrogens with zero attached hydrogens (tertiary/aromatic N) is 3. The van der Waals surface area contributed by atoms with E-state index in [2.05, 4.69) is 30.8 Å². The van der Waals surface area contributed by atoms with E-state index in [1.807, 2.05) is 11.6 Å². The average Bonchev–Trinajstić information content (AvgIpc) is 2.79. The van der Waals surface area contributed by atoms with Gasteiger partial charge in [-0.1, -0.05) is 13.8 Å². The van der Waals surface area contributed by atoms with Gasteiger partial charge in [-0.05, 0) is 49.9 Å². The summed E-state index contributed by atoms with van der Waals surface area (Å²) in [6.07, 6.45) is 1.02. The first-order valence-corrected chi connectivity index (χ1v) is 8.57. The van der Waals surface area contributed by atoms with Crippen molar-refractivity contribution in [2.45, 2.75) is 46.7 Å². The number of benzene rings is 1. The van der Waals surface area contributed by atoms with Gasteiger partial charge in [0.2, 0.25) is 0 Å². The van der Waals surface area contributed by atoms with Crippen molar-refractivity contribution in [1.82, 2.24) is 14.7 Å². The lowest BCUT2D eigenvalue weighted by molar-refractivity contribution is 0.0896. The molecule has 1 aromatic heterocycles. The van der Waals surface area contributed by atoms with Gasteiger partial charge in [-0.15, -0.1) is 12.4 Å². The van der Waals surface area contributed by atoms with Gasteiger partial charge in [0, 0.05) is 36.9 Å². The van der Waals surface area contributed by atoms with E-state index in [9.17, 15) is 4.39 Å². The molecule has 1 unspecified atom stereocenters. The smallest absolute Gasteiger partial charge is 0.123 e. The van der Waals surface area contributed by atoms with Gasteiger partial charge in [0.25, 0.3) is 0 Å². The predicted molar refractivity (Wildman–Crippen MR) is 102 cm³/mol. The summed E-state index contributed by atoms with van der Waals surface area (Å²) >= 11 is 0. The molecule has 1 aromatic carbocycles. The number of halogens is 2. The Morgan fingerprint density at radius 1 is 1.24 bits per heavy atom. The summed E-state index contributed by atoms with van der Waals surface area (Å²) in [5.74, 6) is -0.229. The van der Waals surface area contributed by atoms with Gasteiger partial charge in [0.15, 0.2) is 0 Å². The standard InChI is InChI=1S/C19H27FN4.ClH/c1-13-17(11-23-10-9-18(21)19(3,4)12-23)14(2)24(22-13)16-7-5-15(20)6-8-16;/h5-8,18H,9-12,21H2,1-4H3;1H. The van der Waals surface area contributed by atoms with Crippen LogP contribution in [0, 0.1) is 25.1 Å². The normalized spacial score (nSPS) is 20.3. The van der Waals surface area contributed by atoms with Crippen molar-refractivity contribution in [3.05, 3.63) is 47.0 Å². The Morgan fingerprint density at radius 2 is 1.88 bits per heavy atom. The van der Waals surface area contributed by atoms with E-state index in [0.717, 1.165) is 43.1 Å². The lowest BCUT2D eigenvalue weighted by atomic mass is 9.79. The highest BCUT2D eigenvalue weighted by atomic mass is 35.5. The van der Waals surface area contributed by atoms with Gasteiger partial charge in [0.1, 0.15) is 5.82 Å². The van der Waals surface area contributed by atoms with Crippen LogP contribution >= 0.6 is 12.4 Å². The van der Waals surface area contributed by atoms with E-state index in [-0.39, 0.29) is 29.7 Å². The van der Waals surface area contributed by atoms with Crippen LogP contribution in [-0.2, 0) is 6.54 Å². The second kappa shape index (κ2) is 7.44. The van der Waals surface area contributed by atoms with E-state index in [1.54, 1.807) is 12.1 Å². The molecule has 0 spiro atoms. The summed E-state index contributed by atoms with van der Waals surface area (Å²) in [5.41, 5.74) is 10.7. The maximum absolute atomic E-state index is 13.2. The van der Waals surface area contributed by atoms with E-state index in [4.69, 9.17) is 5.73 Å². The molecule has 0 bridgehead atoms. The lowest BCUT2D eigenvalue weighted by Crippen LogP contribution is -2.52. The van der Waals surface area contributed by atoms with Gasteiger partial charge in [-0.25, -0.2) is 9.07 Å². The van der Waals surface area contributed by atoms with Crippen LogP contribution in [0.25, 0.3) is 5.69 Å². The molecule has 1 fully saturated rings. The number of likely N-dealkylation sites (tertiary alicyclic amines) is 1. The van der Waals surface area contributed by atoms with Crippen molar-refractivity contribution in [3.8, 4) is 5.69 Å². The Labute approximate surface area is 155 Å². The molecule has 4 nitrogen and oxygen atoms in total. The Balaban J connectivity index is 0.00000225. The molecule has 2 aromatic rings. The number of hydrogen-bond donors (Lipinski definition) is 1. The van der Waals surface area contributed by atoms with Crippen LogP contribution in [-0.4, -0.2) is 33.8 Å². The summed E-state index contributed by atoms with van der Waals surface area (Å²) in [6.45, 7) is 11.5. The Bertz CT molecular complexity index is 724. The van der Waals surface area contributed by atoms with Crippen LogP contribution in [0.5, 0.6) is 0 Å². The van der Waals surface area contributed by atoms with Crippen LogP contribution in [0.3, 0.4) is 0 Å². The van der Waals surface area contributed by atoms with Crippen LogP contribution < -0.4 is 5.73 Å². The lowest BCUT2D eigenvalue weighted by Gasteiger charge is -2.42. The largest absolute Gasteiger partial charge is 0.327 e. The van der Waals surface area contributed by atoms with Gasteiger partial charge < -0.3 is 5.73 Å². The van der Waals surface area contributed by atoms with E-state index < -0.39 is 0 Å². The molecular weight excluding hydrogens is 339 g/mol. The zero-order valence-corrected chi connectivity index (χ0v) is 16.2. The maximum Gasteiger partial charge on any atom is 0.123 e. The third-order valence-corrected chi connectivity index (χ3v) is 5.29. The molecule has 0 aliphatic carbocycles. The molecule has 0 saturated carbocycles. The summed E-state index contributed by atoms with van der Waals surface area (Å²) in [7, 11) is 0. The second-order valence-electron chi connectivity index (χ2n) is 7.63. The molecule has 0 amide bonds. The van der Waals surface area contributed by atoms with Crippen LogP contribution in [0.1, 0.15) is 37.2 Å². The van der Waals surface area contributed by atoms with Crippen molar-refractivity contribution in [2.75, 3.05) is 13.1 Å². The van der Waals surface area contributed by atoms with Gasteiger partial charge in [-0.3, -0.25) is 4.90 Å². The Kier molecular flexibility index (Phi) is 5.92. The Morgan fingerprint density at radius 3 is 2.48 bits per heavy atom. The summed E-state index contributed by atoms with van der Waals surface area (Å²) in [4.78, 5) is 2.47. The van der Waals surface area contributed by atoms with Crippen LogP contribution in [0.15, 0.2) is 24.3 Å². The molecule has 1 atom stereocenters. The highest BCUT2D eigenvalue weighted by molar-refractivity contribution is 5.85. The van der Waals surface area contributed by atoms with Crippen molar-refractivity contribution >= 4 is 12.4 Å². The minimum Gasteiger partial charge on any atom is -0.327 e. The second-order valence-corrected chi connectivity index (χ2v) is 7.63. The quantitative estimate of drug-likeness (QED) is 0.902. The monoisotopic (exact) mass is 366 g/mol. The SMILES string of the molecule is Cc1nn(-c2ccc(F)cc2)c(C)c1CN1CCC(N)C(C)(C)C1.Cl. The van der Waals surface area contributed by atoms with E-state index in [0.29, 0.717) is 0 Å². The molecule has 2 N–H and O–H groups in total. The molecule has 1 saturated heterocycles. The number of aryl methyl sites for hydroxylation is 1. The highest BCUT2D eigenvalue weighted by Crippen LogP contribution is 2.29. The highest BCUT2D eigenvalue weighted by Gasteiger charge is 2.33. The fraction of sp³-hybridized carbons (Fsp3) is 0.526. The van der Waals surface area contributed by atoms with Crippen LogP contribution in [0.2, 0.25) is 0 Å². The average molecular weight is 367 g/mol. The molecule has 6 heteroatoms. The van der Waals surface area contributed by atoms with Crippen molar-refractivity contribution in [3.63, 3.8) is 0 Å². The number of hydrogen-bond acceptors (Lipinski definition) is 3. The van der Waals surface area contributed by atoms with Crippen molar-refractivity contribution in [1.29, 1.82) is 0 Å². The molecule has 138 valence electrons. The number of nitrogens with two attached hydrogens (primary N) is 1. The first-order chi connectivity index (χ1) is 11.3. The van der Waals surface area contributed by atoms with E-state index >= 15 is 0 Å².